The van der Waals surface area contributed by atoms with E-state index in [0.29, 0.717) is 6.54 Å². The minimum atomic E-state index is -0.276. The topological polar surface area (TPSA) is 55.0 Å². The zero-order valence-corrected chi connectivity index (χ0v) is 12.8. The third-order valence-electron chi connectivity index (χ3n) is 3.09. The molecule has 4 nitrogen and oxygen atoms in total. The van der Waals surface area contributed by atoms with E-state index in [4.69, 9.17) is 10.00 Å². The van der Waals surface area contributed by atoms with Gasteiger partial charge in [-0.3, -0.25) is 4.79 Å². The number of pyridine rings is 1. The van der Waals surface area contributed by atoms with Gasteiger partial charge in [-0.2, -0.15) is 5.26 Å². The number of hydrogen-bond donors (Lipinski definition) is 0. The van der Waals surface area contributed by atoms with Crippen LogP contribution in [0, 0.1) is 18.3 Å². The highest BCUT2D eigenvalue weighted by atomic mass is 79.9. The van der Waals surface area contributed by atoms with Gasteiger partial charge in [0.1, 0.15) is 17.4 Å². The van der Waals surface area contributed by atoms with Crippen LogP contribution in [0.1, 0.15) is 16.8 Å². The lowest BCUT2D eigenvalue weighted by atomic mass is 10.2. The maximum absolute atomic E-state index is 12.2. The number of hydrogen-bond acceptors (Lipinski definition) is 3. The monoisotopic (exact) mass is 332 g/mol. The quantitative estimate of drug-likeness (QED) is 0.868. The fourth-order valence-electron chi connectivity index (χ4n) is 1.92. The van der Waals surface area contributed by atoms with Crippen LogP contribution in [0.5, 0.6) is 5.75 Å². The number of nitrogens with zero attached hydrogens (tertiary/aromatic N) is 2. The molecule has 0 aliphatic heterocycles. The molecule has 0 amide bonds. The lowest BCUT2D eigenvalue weighted by Crippen LogP contribution is -2.25. The summed E-state index contributed by atoms with van der Waals surface area (Å²) in [5, 5.41) is 8.94. The first-order valence-corrected chi connectivity index (χ1v) is 6.79. The number of nitriles is 1. The molecule has 0 aliphatic carbocycles. The second-order valence-corrected chi connectivity index (χ2v) is 5.20. The fraction of sp³-hybridized carbons (Fsp3) is 0.200. The zero-order chi connectivity index (χ0) is 14.7. The first-order chi connectivity index (χ1) is 9.56. The molecule has 1 aromatic heterocycles. The predicted octanol–water partition coefficient (Wildman–Crippen LogP) is 2.85. The van der Waals surface area contributed by atoms with Crippen molar-refractivity contribution in [2.24, 2.45) is 0 Å². The molecule has 0 spiro atoms. The van der Waals surface area contributed by atoms with E-state index < -0.39 is 0 Å². The first kappa shape index (κ1) is 14.4. The number of methoxy groups -OCH3 is 1. The van der Waals surface area contributed by atoms with E-state index >= 15 is 0 Å². The van der Waals surface area contributed by atoms with Crippen molar-refractivity contribution >= 4 is 15.9 Å². The molecule has 0 bridgehead atoms. The molecule has 0 N–H and O–H groups in total. The summed E-state index contributed by atoms with van der Waals surface area (Å²) in [5.74, 6) is 0.727. The van der Waals surface area contributed by atoms with Crippen molar-refractivity contribution in [2.45, 2.75) is 13.5 Å². The number of aryl methyl sites for hydroxylation is 1. The van der Waals surface area contributed by atoms with Gasteiger partial charge in [-0.15, -0.1) is 0 Å². The Bertz CT molecular complexity index is 745. The number of ether oxygens (including phenoxy) is 1. The van der Waals surface area contributed by atoms with Crippen molar-refractivity contribution in [3.05, 3.63) is 62.0 Å². The minimum absolute atomic E-state index is 0.148. The average Bonchev–Trinajstić information content (AvgIpc) is 2.45. The van der Waals surface area contributed by atoms with Crippen LogP contribution in [-0.2, 0) is 6.54 Å². The van der Waals surface area contributed by atoms with Gasteiger partial charge in [-0.05, 0) is 42.8 Å². The van der Waals surface area contributed by atoms with Crippen molar-refractivity contribution in [3.63, 3.8) is 0 Å². The molecule has 0 saturated heterocycles. The summed E-state index contributed by atoms with van der Waals surface area (Å²) in [4.78, 5) is 12.2. The Kier molecular flexibility index (Phi) is 4.26. The van der Waals surface area contributed by atoms with Crippen LogP contribution in [0.15, 0.2) is 39.6 Å². The first-order valence-electron chi connectivity index (χ1n) is 5.99. The van der Waals surface area contributed by atoms with Crippen LogP contribution in [0.3, 0.4) is 0 Å². The molecule has 102 valence electrons. The molecule has 1 aromatic carbocycles. The van der Waals surface area contributed by atoms with Crippen LogP contribution < -0.4 is 10.3 Å². The lowest BCUT2D eigenvalue weighted by Gasteiger charge is -2.12. The van der Waals surface area contributed by atoms with Crippen LogP contribution in [0.2, 0.25) is 0 Å². The van der Waals surface area contributed by atoms with E-state index in [9.17, 15) is 4.79 Å². The standard InChI is InChI=1S/C15H13BrN2O2/c1-10-3-4-11(8-17)15(19)18(10)9-12-7-13(20-2)5-6-14(12)16/h3-7H,9H2,1-2H3. The average molecular weight is 333 g/mol. The molecule has 1 heterocycles. The summed E-state index contributed by atoms with van der Waals surface area (Å²) in [6.45, 7) is 2.23. The molecule has 5 heteroatoms. The van der Waals surface area contributed by atoms with Gasteiger partial charge in [0.2, 0.25) is 0 Å². The highest BCUT2D eigenvalue weighted by Gasteiger charge is 2.09. The summed E-state index contributed by atoms with van der Waals surface area (Å²) in [5.41, 5.74) is 1.60. The smallest absolute Gasteiger partial charge is 0.268 e. The van der Waals surface area contributed by atoms with Crippen LogP contribution in [-0.4, -0.2) is 11.7 Å². The van der Waals surface area contributed by atoms with Gasteiger partial charge in [0.05, 0.1) is 13.7 Å². The summed E-state index contributed by atoms with van der Waals surface area (Å²) >= 11 is 3.47. The lowest BCUT2D eigenvalue weighted by molar-refractivity contribution is 0.414. The van der Waals surface area contributed by atoms with Crippen LogP contribution in [0.25, 0.3) is 0 Å². The van der Waals surface area contributed by atoms with Crippen LogP contribution in [0.4, 0.5) is 0 Å². The van der Waals surface area contributed by atoms with E-state index in [1.807, 2.05) is 31.2 Å². The molecule has 2 rings (SSSR count). The molecule has 2 aromatic rings. The molecule has 0 fully saturated rings. The van der Waals surface area contributed by atoms with Crippen molar-refractivity contribution in [3.8, 4) is 11.8 Å². The van der Waals surface area contributed by atoms with E-state index in [0.717, 1.165) is 21.5 Å². The summed E-state index contributed by atoms with van der Waals surface area (Å²) in [6.07, 6.45) is 0. The van der Waals surface area contributed by atoms with E-state index in [-0.39, 0.29) is 11.1 Å². The Hall–Kier alpha value is -2.06. The summed E-state index contributed by atoms with van der Waals surface area (Å²) in [7, 11) is 1.60. The van der Waals surface area contributed by atoms with Crippen molar-refractivity contribution in [1.82, 2.24) is 4.57 Å². The fourth-order valence-corrected chi connectivity index (χ4v) is 2.29. The highest BCUT2D eigenvalue weighted by Crippen LogP contribution is 2.23. The predicted molar refractivity (Wildman–Crippen MR) is 80.0 cm³/mol. The van der Waals surface area contributed by atoms with E-state index in [2.05, 4.69) is 15.9 Å². The molecule has 0 atom stereocenters. The van der Waals surface area contributed by atoms with Gasteiger partial charge in [-0.1, -0.05) is 15.9 Å². The molecular formula is C15H13BrN2O2. The Labute approximate surface area is 125 Å². The summed E-state index contributed by atoms with van der Waals surface area (Å²) < 4.78 is 7.67. The molecule has 0 radical (unpaired) electrons. The van der Waals surface area contributed by atoms with Crippen molar-refractivity contribution < 1.29 is 4.74 Å². The normalized spacial score (nSPS) is 10.1. The van der Waals surface area contributed by atoms with E-state index in [1.54, 1.807) is 23.8 Å². The Morgan fingerprint density at radius 1 is 1.35 bits per heavy atom. The second-order valence-electron chi connectivity index (χ2n) is 4.35. The minimum Gasteiger partial charge on any atom is -0.497 e. The third kappa shape index (κ3) is 2.75. The Morgan fingerprint density at radius 2 is 2.10 bits per heavy atom. The Balaban J connectivity index is 2.50. The zero-order valence-electron chi connectivity index (χ0n) is 11.2. The number of rotatable bonds is 3. The number of benzene rings is 1. The maximum atomic E-state index is 12.2. The van der Waals surface area contributed by atoms with Gasteiger partial charge >= 0.3 is 0 Å². The molecule has 0 aliphatic rings. The highest BCUT2D eigenvalue weighted by molar-refractivity contribution is 9.10. The van der Waals surface area contributed by atoms with Gasteiger partial charge in [0, 0.05) is 10.2 Å². The van der Waals surface area contributed by atoms with Gasteiger partial charge in [0.15, 0.2) is 0 Å². The SMILES string of the molecule is COc1ccc(Br)c(Cn2c(C)ccc(C#N)c2=O)c1. The molecule has 0 saturated carbocycles. The summed E-state index contributed by atoms with van der Waals surface area (Å²) in [6, 6.07) is 10.8. The number of halogens is 1. The van der Waals surface area contributed by atoms with Gasteiger partial charge in [0.25, 0.3) is 5.56 Å². The van der Waals surface area contributed by atoms with Crippen LogP contribution >= 0.6 is 15.9 Å². The largest absolute Gasteiger partial charge is 0.497 e. The number of aromatic nitrogens is 1. The van der Waals surface area contributed by atoms with E-state index in [1.165, 1.54) is 0 Å². The molecule has 0 unspecified atom stereocenters. The maximum Gasteiger partial charge on any atom is 0.268 e. The van der Waals surface area contributed by atoms with Gasteiger partial charge in [-0.25, -0.2) is 0 Å². The third-order valence-corrected chi connectivity index (χ3v) is 3.87. The van der Waals surface area contributed by atoms with Crippen molar-refractivity contribution in [2.75, 3.05) is 7.11 Å². The van der Waals surface area contributed by atoms with Crippen molar-refractivity contribution in [1.29, 1.82) is 5.26 Å². The Morgan fingerprint density at radius 3 is 2.75 bits per heavy atom. The molecule has 20 heavy (non-hydrogen) atoms. The molecular weight excluding hydrogens is 320 g/mol. The second kappa shape index (κ2) is 5.93. The van der Waals surface area contributed by atoms with Gasteiger partial charge < -0.3 is 9.30 Å².